The van der Waals surface area contributed by atoms with Crippen LogP contribution in [0, 0.1) is 6.92 Å². The molecule has 0 aliphatic rings. The number of hydrogen-bond acceptors (Lipinski definition) is 3. The highest BCUT2D eigenvalue weighted by Gasteiger charge is 2.39. The summed E-state index contributed by atoms with van der Waals surface area (Å²) in [6.07, 6.45) is -6.32. The lowest BCUT2D eigenvalue weighted by molar-refractivity contribution is -0.190. The number of aromatic nitrogens is 2. The van der Waals surface area contributed by atoms with E-state index in [4.69, 9.17) is 10.5 Å². The first-order chi connectivity index (χ1) is 6.73. The molecule has 4 nitrogen and oxygen atoms in total. The van der Waals surface area contributed by atoms with Gasteiger partial charge in [-0.25, -0.2) is 4.68 Å². The predicted molar refractivity (Wildman–Crippen MR) is 48.5 cm³/mol. The van der Waals surface area contributed by atoms with Crippen LogP contribution >= 0.6 is 0 Å². The van der Waals surface area contributed by atoms with E-state index in [1.807, 2.05) is 0 Å². The Balaban J connectivity index is 2.90. The average molecular weight is 223 g/mol. The fourth-order valence-corrected chi connectivity index (χ4v) is 1.03. The molecule has 1 unspecified atom stereocenters. The lowest BCUT2D eigenvalue weighted by Crippen LogP contribution is -2.32. The summed E-state index contributed by atoms with van der Waals surface area (Å²) in [5, 5.41) is 3.85. The van der Waals surface area contributed by atoms with Gasteiger partial charge in [0.15, 0.2) is 6.10 Å². The van der Waals surface area contributed by atoms with Gasteiger partial charge in [-0.15, -0.1) is 0 Å². The van der Waals surface area contributed by atoms with Crippen molar-refractivity contribution in [1.82, 2.24) is 9.78 Å². The highest BCUT2D eigenvalue weighted by Crippen LogP contribution is 2.29. The van der Waals surface area contributed by atoms with Crippen LogP contribution in [0.4, 0.5) is 18.9 Å². The molecule has 1 aromatic rings. The Morgan fingerprint density at radius 3 is 2.33 bits per heavy atom. The SMILES string of the molecule is Cc1nn(C)c(OC(C)C(F)(F)F)c1N. The fourth-order valence-electron chi connectivity index (χ4n) is 1.03. The standard InChI is InChI=1S/C8H12F3N3O/c1-4-6(12)7(14(3)13-4)15-5(2)8(9,10)11/h5H,12H2,1-3H3. The maximum absolute atomic E-state index is 12.2. The van der Waals surface area contributed by atoms with E-state index in [0.717, 1.165) is 6.92 Å². The summed E-state index contributed by atoms with van der Waals surface area (Å²) >= 11 is 0. The molecule has 7 heteroatoms. The van der Waals surface area contributed by atoms with Gasteiger partial charge in [0.05, 0.1) is 5.69 Å². The van der Waals surface area contributed by atoms with Crippen LogP contribution in [0.5, 0.6) is 5.88 Å². The minimum Gasteiger partial charge on any atom is -0.464 e. The van der Waals surface area contributed by atoms with Crippen molar-refractivity contribution in [3.63, 3.8) is 0 Å². The zero-order chi connectivity index (χ0) is 11.8. The van der Waals surface area contributed by atoms with Crippen LogP contribution in [0.15, 0.2) is 0 Å². The number of anilines is 1. The number of rotatable bonds is 2. The summed E-state index contributed by atoms with van der Waals surface area (Å²) in [6, 6.07) is 0. The third-order valence-electron chi connectivity index (χ3n) is 1.96. The maximum Gasteiger partial charge on any atom is 0.425 e. The van der Waals surface area contributed by atoms with E-state index < -0.39 is 12.3 Å². The van der Waals surface area contributed by atoms with Crippen LogP contribution in [0.2, 0.25) is 0 Å². The van der Waals surface area contributed by atoms with Crippen molar-refractivity contribution in [3.05, 3.63) is 5.69 Å². The highest BCUT2D eigenvalue weighted by atomic mass is 19.4. The van der Waals surface area contributed by atoms with Crippen LogP contribution in [-0.2, 0) is 7.05 Å². The first-order valence-corrected chi connectivity index (χ1v) is 4.26. The van der Waals surface area contributed by atoms with Gasteiger partial charge < -0.3 is 10.5 Å². The van der Waals surface area contributed by atoms with E-state index in [1.165, 1.54) is 11.7 Å². The van der Waals surface area contributed by atoms with Gasteiger partial charge in [-0.2, -0.15) is 18.3 Å². The molecule has 0 aliphatic carbocycles. The van der Waals surface area contributed by atoms with Gasteiger partial charge in [0, 0.05) is 7.05 Å². The second-order valence-corrected chi connectivity index (χ2v) is 3.23. The van der Waals surface area contributed by atoms with Crippen LogP contribution in [0.25, 0.3) is 0 Å². The van der Waals surface area contributed by atoms with Crippen molar-refractivity contribution >= 4 is 5.69 Å². The zero-order valence-electron chi connectivity index (χ0n) is 8.59. The van der Waals surface area contributed by atoms with Gasteiger partial charge in [-0.05, 0) is 13.8 Å². The number of aryl methyl sites for hydroxylation is 2. The molecular formula is C8H12F3N3O. The molecule has 1 atom stereocenters. The van der Waals surface area contributed by atoms with Gasteiger partial charge in [-0.1, -0.05) is 0 Å². The average Bonchev–Trinajstić information content (AvgIpc) is 2.30. The number of hydrogen-bond donors (Lipinski definition) is 1. The fraction of sp³-hybridized carbons (Fsp3) is 0.625. The van der Waals surface area contributed by atoms with Crippen LogP contribution in [-0.4, -0.2) is 22.1 Å². The first kappa shape index (κ1) is 11.7. The molecule has 86 valence electrons. The van der Waals surface area contributed by atoms with Crippen LogP contribution in [0.3, 0.4) is 0 Å². The molecule has 0 bridgehead atoms. The second-order valence-electron chi connectivity index (χ2n) is 3.23. The van der Waals surface area contributed by atoms with Crippen molar-refractivity contribution in [2.75, 3.05) is 5.73 Å². The highest BCUT2D eigenvalue weighted by molar-refractivity contribution is 5.52. The predicted octanol–water partition coefficient (Wildman–Crippen LogP) is 1.64. The van der Waals surface area contributed by atoms with Gasteiger partial charge in [0.1, 0.15) is 5.69 Å². The summed E-state index contributed by atoms with van der Waals surface area (Å²) in [7, 11) is 1.47. The monoisotopic (exact) mass is 223 g/mol. The van der Waals surface area contributed by atoms with Gasteiger partial charge in [0.2, 0.25) is 5.88 Å². The molecule has 1 aromatic heterocycles. The maximum atomic E-state index is 12.2. The smallest absolute Gasteiger partial charge is 0.425 e. The Labute approximate surface area is 84.8 Å². The van der Waals surface area contributed by atoms with E-state index >= 15 is 0 Å². The lowest BCUT2D eigenvalue weighted by Gasteiger charge is -2.17. The third kappa shape index (κ3) is 2.34. The summed E-state index contributed by atoms with van der Waals surface area (Å²) in [4.78, 5) is 0. The first-order valence-electron chi connectivity index (χ1n) is 4.26. The molecule has 1 rings (SSSR count). The number of ether oxygens (including phenoxy) is 1. The molecule has 2 N–H and O–H groups in total. The molecule has 15 heavy (non-hydrogen) atoms. The summed E-state index contributed by atoms with van der Waals surface area (Å²) in [5.74, 6) is -0.0580. The van der Waals surface area contributed by atoms with E-state index in [-0.39, 0.29) is 11.6 Å². The Bertz CT molecular complexity index is 359. The molecule has 0 aromatic carbocycles. The topological polar surface area (TPSA) is 53.1 Å². The van der Waals surface area contributed by atoms with Gasteiger partial charge in [0.25, 0.3) is 0 Å². The molecule has 0 aliphatic heterocycles. The Morgan fingerprint density at radius 1 is 1.47 bits per heavy atom. The number of nitrogens with two attached hydrogens (primary N) is 1. The van der Waals surface area contributed by atoms with E-state index in [1.54, 1.807) is 6.92 Å². The molecule has 0 saturated heterocycles. The quantitative estimate of drug-likeness (QED) is 0.829. The molecule has 0 fully saturated rings. The summed E-state index contributed by atoms with van der Waals surface area (Å²) < 4.78 is 42.5. The molecule has 0 saturated carbocycles. The van der Waals surface area contributed by atoms with Crippen molar-refractivity contribution in [2.24, 2.45) is 7.05 Å². The van der Waals surface area contributed by atoms with Crippen molar-refractivity contribution in [2.45, 2.75) is 26.1 Å². The minimum absolute atomic E-state index is 0.0580. The molecule has 0 amide bonds. The lowest BCUT2D eigenvalue weighted by atomic mass is 10.4. The van der Waals surface area contributed by atoms with E-state index in [0.29, 0.717) is 5.69 Å². The number of nitrogens with zero attached hydrogens (tertiary/aromatic N) is 2. The molecule has 0 radical (unpaired) electrons. The minimum atomic E-state index is -4.41. The number of halogens is 3. The van der Waals surface area contributed by atoms with E-state index in [2.05, 4.69) is 5.10 Å². The largest absolute Gasteiger partial charge is 0.464 e. The van der Waals surface area contributed by atoms with Crippen molar-refractivity contribution in [3.8, 4) is 5.88 Å². The summed E-state index contributed by atoms with van der Waals surface area (Å²) in [6.45, 7) is 2.52. The zero-order valence-corrected chi connectivity index (χ0v) is 8.59. The third-order valence-corrected chi connectivity index (χ3v) is 1.96. The Morgan fingerprint density at radius 2 is 2.00 bits per heavy atom. The number of nitrogen functional groups attached to an aromatic ring is 1. The van der Waals surface area contributed by atoms with Crippen LogP contribution in [0.1, 0.15) is 12.6 Å². The van der Waals surface area contributed by atoms with Gasteiger partial charge in [-0.3, -0.25) is 0 Å². The van der Waals surface area contributed by atoms with Crippen LogP contribution < -0.4 is 10.5 Å². The van der Waals surface area contributed by atoms with E-state index in [9.17, 15) is 13.2 Å². The normalized spacial score (nSPS) is 14.0. The summed E-state index contributed by atoms with van der Waals surface area (Å²) in [5.41, 5.74) is 6.10. The second kappa shape index (κ2) is 3.63. The Hall–Kier alpha value is -1.40. The molecular weight excluding hydrogens is 211 g/mol. The number of alkyl halides is 3. The van der Waals surface area contributed by atoms with Crippen molar-refractivity contribution in [1.29, 1.82) is 0 Å². The van der Waals surface area contributed by atoms with Crippen molar-refractivity contribution < 1.29 is 17.9 Å². The Kier molecular flexibility index (Phi) is 2.83. The van der Waals surface area contributed by atoms with Gasteiger partial charge >= 0.3 is 6.18 Å². The molecule has 1 heterocycles. The molecule has 0 spiro atoms.